The predicted molar refractivity (Wildman–Crippen MR) is 94.2 cm³/mol. The van der Waals surface area contributed by atoms with Crippen molar-refractivity contribution in [3.05, 3.63) is 11.4 Å². The zero-order valence-electron chi connectivity index (χ0n) is 15.3. The van der Waals surface area contributed by atoms with E-state index in [-0.39, 0.29) is 6.04 Å². The molecule has 0 aliphatic heterocycles. The van der Waals surface area contributed by atoms with Crippen molar-refractivity contribution in [2.24, 2.45) is 40.4 Å². The first-order valence-electron chi connectivity index (χ1n) is 10.2. The van der Waals surface area contributed by atoms with Crippen LogP contribution in [0.15, 0.2) is 0 Å². The molecule has 1 unspecified atom stereocenters. The molecule has 3 heteroatoms. The smallest absolute Gasteiger partial charge is 0.229 e. The third-order valence-electron chi connectivity index (χ3n) is 9.19. The molecule has 3 nitrogen and oxygen atoms in total. The Morgan fingerprint density at radius 1 is 1.00 bits per heavy atom. The molecule has 24 heavy (non-hydrogen) atoms. The molecule has 4 aliphatic carbocycles. The molecule has 4 aliphatic rings. The Bertz CT molecular complexity index is 528. The Morgan fingerprint density at radius 2 is 1.75 bits per heavy atom. The molecular weight excluding hydrogens is 298 g/mol. The van der Waals surface area contributed by atoms with Crippen molar-refractivity contribution in [2.75, 3.05) is 6.61 Å². The molecule has 0 heterocycles. The number of hydrogen-bond donors (Lipinski definition) is 1. The summed E-state index contributed by atoms with van der Waals surface area (Å²) in [5, 5.41) is 8.82. The average molecular weight is 332 g/mol. The molecule has 0 radical (unpaired) electrons. The molecule has 4 saturated carbocycles. The molecule has 0 spiro atoms. The Labute approximate surface area is 146 Å². The lowest BCUT2D eigenvalue weighted by molar-refractivity contribution is -0.256. The summed E-state index contributed by atoms with van der Waals surface area (Å²) in [7, 11) is 0. The SMILES string of the molecule is [C-]#[N+][C@H]1CC[C@H]2[C@@H]3CCC4C[C@@H](COO)CC[C@]4(C)[C@H]3CC[C@]12C. The van der Waals surface area contributed by atoms with Gasteiger partial charge in [-0.05, 0) is 86.4 Å². The molecular formula is C21H33NO2. The highest BCUT2D eigenvalue weighted by Crippen LogP contribution is 2.66. The quantitative estimate of drug-likeness (QED) is 0.416. The van der Waals surface area contributed by atoms with E-state index in [1.807, 2.05) is 0 Å². The molecule has 0 aromatic heterocycles. The van der Waals surface area contributed by atoms with Crippen molar-refractivity contribution < 1.29 is 10.1 Å². The number of fused-ring (bicyclic) bond motifs is 5. The van der Waals surface area contributed by atoms with E-state index in [0.717, 1.165) is 30.1 Å². The fourth-order valence-electron chi connectivity index (χ4n) is 7.79. The van der Waals surface area contributed by atoms with Gasteiger partial charge in [0.15, 0.2) is 0 Å². The van der Waals surface area contributed by atoms with Crippen LogP contribution in [0.1, 0.15) is 71.6 Å². The maximum Gasteiger partial charge on any atom is 0.229 e. The van der Waals surface area contributed by atoms with Gasteiger partial charge in [0, 0.05) is 11.8 Å². The van der Waals surface area contributed by atoms with Crippen molar-refractivity contribution >= 4 is 0 Å². The van der Waals surface area contributed by atoms with Gasteiger partial charge in [-0.2, -0.15) is 0 Å². The summed E-state index contributed by atoms with van der Waals surface area (Å²) in [4.78, 5) is 8.49. The summed E-state index contributed by atoms with van der Waals surface area (Å²) in [6.45, 7) is 13.2. The van der Waals surface area contributed by atoms with Crippen LogP contribution in [0.4, 0.5) is 0 Å². The molecule has 0 amide bonds. The minimum atomic E-state index is 0.284. The molecule has 4 fully saturated rings. The first-order chi connectivity index (χ1) is 11.5. The Kier molecular flexibility index (Phi) is 4.21. The normalized spacial score (nSPS) is 53.6. The van der Waals surface area contributed by atoms with Crippen molar-refractivity contribution in [3.8, 4) is 0 Å². The van der Waals surface area contributed by atoms with Crippen LogP contribution >= 0.6 is 0 Å². The Morgan fingerprint density at radius 3 is 2.50 bits per heavy atom. The number of hydrogen-bond acceptors (Lipinski definition) is 2. The van der Waals surface area contributed by atoms with Crippen LogP contribution in [0.3, 0.4) is 0 Å². The third kappa shape index (κ3) is 2.29. The van der Waals surface area contributed by atoms with Gasteiger partial charge in [-0.1, -0.05) is 13.8 Å². The molecule has 8 atom stereocenters. The number of rotatable bonds is 2. The van der Waals surface area contributed by atoms with E-state index in [4.69, 9.17) is 11.8 Å². The van der Waals surface area contributed by atoms with Gasteiger partial charge in [0.1, 0.15) is 0 Å². The summed E-state index contributed by atoms with van der Waals surface area (Å²) in [6, 6.07) is 0.284. The second kappa shape index (κ2) is 5.99. The largest absolute Gasteiger partial charge is 0.313 e. The predicted octanol–water partition coefficient (Wildman–Crippen LogP) is 5.42. The van der Waals surface area contributed by atoms with Crippen LogP contribution in [-0.2, 0) is 4.89 Å². The van der Waals surface area contributed by atoms with Gasteiger partial charge < -0.3 is 4.85 Å². The van der Waals surface area contributed by atoms with E-state index in [0.29, 0.717) is 23.4 Å². The summed E-state index contributed by atoms with van der Waals surface area (Å²) in [6.07, 6.45) is 11.6. The van der Waals surface area contributed by atoms with E-state index in [2.05, 4.69) is 23.6 Å². The van der Waals surface area contributed by atoms with Crippen LogP contribution in [0.5, 0.6) is 0 Å². The van der Waals surface area contributed by atoms with Gasteiger partial charge in [0.05, 0.1) is 6.61 Å². The topological polar surface area (TPSA) is 33.8 Å². The zero-order chi connectivity index (χ0) is 16.9. The maximum atomic E-state index is 8.82. The van der Waals surface area contributed by atoms with E-state index in [9.17, 15) is 0 Å². The summed E-state index contributed by atoms with van der Waals surface area (Å²) in [5.41, 5.74) is 0.792. The Balaban J connectivity index is 1.55. The zero-order valence-corrected chi connectivity index (χ0v) is 15.3. The second-order valence-electron chi connectivity index (χ2n) is 9.86. The first-order valence-corrected chi connectivity index (χ1v) is 10.2. The van der Waals surface area contributed by atoms with E-state index in [1.54, 1.807) is 0 Å². The molecule has 0 saturated heterocycles. The summed E-state index contributed by atoms with van der Waals surface area (Å²) < 4.78 is 0. The Hall–Kier alpha value is -0.590. The van der Waals surface area contributed by atoms with Gasteiger partial charge in [0.2, 0.25) is 6.04 Å². The molecule has 0 bridgehead atoms. The van der Waals surface area contributed by atoms with Crippen LogP contribution in [0.2, 0.25) is 0 Å². The lowest BCUT2D eigenvalue weighted by atomic mass is 9.44. The van der Waals surface area contributed by atoms with Crippen molar-refractivity contribution in [2.45, 2.75) is 77.7 Å². The van der Waals surface area contributed by atoms with Gasteiger partial charge in [0.25, 0.3) is 0 Å². The molecule has 0 aromatic rings. The summed E-state index contributed by atoms with van der Waals surface area (Å²) in [5.74, 6) is 3.90. The first kappa shape index (κ1) is 16.9. The molecule has 4 rings (SSSR count). The maximum absolute atomic E-state index is 8.82. The minimum absolute atomic E-state index is 0.284. The van der Waals surface area contributed by atoms with E-state index >= 15 is 0 Å². The second-order valence-corrected chi connectivity index (χ2v) is 9.86. The fourth-order valence-corrected chi connectivity index (χ4v) is 7.79. The van der Waals surface area contributed by atoms with E-state index < -0.39 is 0 Å². The highest BCUT2D eigenvalue weighted by molar-refractivity contribution is 5.13. The lowest BCUT2D eigenvalue weighted by Gasteiger charge is -2.60. The highest BCUT2D eigenvalue weighted by Gasteiger charge is 2.62. The van der Waals surface area contributed by atoms with Crippen LogP contribution in [-0.4, -0.2) is 17.9 Å². The highest BCUT2D eigenvalue weighted by atomic mass is 17.1. The van der Waals surface area contributed by atoms with Gasteiger partial charge in [-0.25, -0.2) is 11.5 Å². The van der Waals surface area contributed by atoms with Gasteiger partial charge in [-0.3, -0.25) is 5.26 Å². The van der Waals surface area contributed by atoms with Crippen LogP contribution in [0, 0.1) is 47.0 Å². The van der Waals surface area contributed by atoms with Gasteiger partial charge in [-0.15, -0.1) is 0 Å². The summed E-state index contributed by atoms with van der Waals surface area (Å²) >= 11 is 0. The molecule has 0 aromatic carbocycles. The third-order valence-corrected chi connectivity index (χ3v) is 9.19. The minimum Gasteiger partial charge on any atom is -0.313 e. The average Bonchev–Trinajstić information content (AvgIpc) is 2.92. The molecule has 1 N–H and O–H groups in total. The van der Waals surface area contributed by atoms with Crippen LogP contribution < -0.4 is 0 Å². The van der Waals surface area contributed by atoms with Crippen molar-refractivity contribution in [1.29, 1.82) is 0 Å². The van der Waals surface area contributed by atoms with E-state index in [1.165, 1.54) is 51.4 Å². The standard InChI is InChI=1S/C21H33NO2/c1-20-10-8-14(13-24-23)12-15(20)4-5-16-17-6-7-19(22-3)21(17,2)11-9-18(16)20/h14-19,23H,4-13H2,1-2H3/t14-,15?,16-,17-,18-,19-,20-,21-/m0/s1. The lowest BCUT2D eigenvalue weighted by Crippen LogP contribution is -2.53. The van der Waals surface area contributed by atoms with Crippen molar-refractivity contribution in [1.82, 2.24) is 0 Å². The van der Waals surface area contributed by atoms with Crippen molar-refractivity contribution in [3.63, 3.8) is 0 Å². The molecule has 134 valence electrons. The number of nitrogens with zero attached hydrogens (tertiary/aromatic N) is 1. The van der Waals surface area contributed by atoms with Crippen LogP contribution in [0.25, 0.3) is 4.85 Å². The fraction of sp³-hybridized carbons (Fsp3) is 0.952. The van der Waals surface area contributed by atoms with Gasteiger partial charge >= 0.3 is 0 Å². The monoisotopic (exact) mass is 331 g/mol.